The fourth-order valence-electron chi connectivity index (χ4n) is 3.69. The monoisotopic (exact) mass is 463 g/mol. The molecule has 5 rings (SSSR count). The molecule has 0 radical (unpaired) electrons. The average molecular weight is 464 g/mol. The van der Waals surface area contributed by atoms with Gasteiger partial charge in [-0.3, -0.25) is 4.79 Å². The summed E-state index contributed by atoms with van der Waals surface area (Å²) in [5.41, 5.74) is 3.33. The third kappa shape index (κ3) is 4.21. The van der Waals surface area contributed by atoms with Crippen molar-refractivity contribution in [3.63, 3.8) is 0 Å². The van der Waals surface area contributed by atoms with Crippen molar-refractivity contribution in [3.8, 4) is 22.8 Å². The van der Waals surface area contributed by atoms with Gasteiger partial charge < -0.3 is 14.6 Å². The van der Waals surface area contributed by atoms with Crippen molar-refractivity contribution >= 4 is 23.2 Å². The number of nitrogens with one attached hydrogen (secondary N) is 1. The first-order valence-corrected chi connectivity index (χ1v) is 11.0. The standard InChI is InChI=1S/C24H22ClN5O3/c1-14-19(23(31)26-17-8-11-21(32-2)20(25)12-17)13-30(28-14)18-9-6-15(7-10-18)22-27-24(33-29-22)16-4-3-5-16/h6-13,16H,3-5H2,1-2H3,(H,26,31). The first kappa shape index (κ1) is 21.2. The Bertz CT molecular complexity index is 1310. The van der Waals surface area contributed by atoms with Gasteiger partial charge in [0.1, 0.15) is 5.75 Å². The van der Waals surface area contributed by atoms with E-state index in [4.69, 9.17) is 20.9 Å². The molecule has 168 valence electrons. The summed E-state index contributed by atoms with van der Waals surface area (Å²) in [6.07, 6.45) is 5.14. The number of rotatable bonds is 6. The molecule has 0 bridgehead atoms. The van der Waals surface area contributed by atoms with E-state index in [1.165, 1.54) is 6.42 Å². The molecule has 9 heteroatoms. The molecule has 0 unspecified atom stereocenters. The highest BCUT2D eigenvalue weighted by Crippen LogP contribution is 2.36. The molecule has 2 aromatic heterocycles. The zero-order valence-electron chi connectivity index (χ0n) is 18.2. The number of carbonyl (C=O) groups excluding carboxylic acids is 1. The summed E-state index contributed by atoms with van der Waals surface area (Å²) in [6.45, 7) is 1.79. The maximum absolute atomic E-state index is 12.8. The number of anilines is 1. The van der Waals surface area contributed by atoms with E-state index >= 15 is 0 Å². The maximum atomic E-state index is 12.8. The Morgan fingerprint density at radius 1 is 1.21 bits per heavy atom. The first-order chi connectivity index (χ1) is 16.0. The van der Waals surface area contributed by atoms with Gasteiger partial charge in [-0.2, -0.15) is 10.1 Å². The highest BCUT2D eigenvalue weighted by Gasteiger charge is 2.25. The molecule has 1 aliphatic carbocycles. The van der Waals surface area contributed by atoms with E-state index in [2.05, 4.69) is 20.6 Å². The predicted molar refractivity (Wildman–Crippen MR) is 124 cm³/mol. The van der Waals surface area contributed by atoms with Gasteiger partial charge in [0.05, 0.1) is 29.1 Å². The molecule has 1 amide bonds. The number of carbonyl (C=O) groups is 1. The van der Waals surface area contributed by atoms with Crippen LogP contribution in [-0.4, -0.2) is 32.9 Å². The third-order valence-corrected chi connectivity index (χ3v) is 6.13. The second kappa shape index (κ2) is 8.71. The molecular weight excluding hydrogens is 442 g/mol. The van der Waals surface area contributed by atoms with E-state index in [1.54, 1.807) is 43.1 Å². The van der Waals surface area contributed by atoms with Crippen molar-refractivity contribution in [2.75, 3.05) is 12.4 Å². The van der Waals surface area contributed by atoms with Crippen LogP contribution in [0.15, 0.2) is 53.2 Å². The fraction of sp³-hybridized carbons (Fsp3) is 0.250. The second-order valence-electron chi connectivity index (χ2n) is 8.01. The zero-order valence-corrected chi connectivity index (χ0v) is 19.0. The van der Waals surface area contributed by atoms with Crippen LogP contribution in [-0.2, 0) is 0 Å². The van der Waals surface area contributed by atoms with Gasteiger partial charge in [0.25, 0.3) is 5.91 Å². The Kier molecular flexibility index (Phi) is 5.60. The van der Waals surface area contributed by atoms with Crippen LogP contribution in [0.4, 0.5) is 5.69 Å². The number of benzene rings is 2. The normalized spacial score (nSPS) is 13.5. The number of halogens is 1. The minimum absolute atomic E-state index is 0.271. The largest absolute Gasteiger partial charge is 0.495 e. The van der Waals surface area contributed by atoms with E-state index in [0.717, 1.165) is 30.0 Å². The number of ether oxygens (including phenoxy) is 1. The lowest BCUT2D eigenvalue weighted by atomic mass is 9.85. The molecule has 1 fully saturated rings. The Balaban J connectivity index is 1.32. The van der Waals surface area contributed by atoms with E-state index in [1.807, 2.05) is 24.3 Å². The summed E-state index contributed by atoms with van der Waals surface area (Å²) in [4.78, 5) is 17.3. The molecule has 33 heavy (non-hydrogen) atoms. The number of hydrogen-bond donors (Lipinski definition) is 1. The van der Waals surface area contributed by atoms with E-state index < -0.39 is 0 Å². The van der Waals surface area contributed by atoms with Gasteiger partial charge in [0.2, 0.25) is 11.7 Å². The Hall–Kier alpha value is -3.65. The highest BCUT2D eigenvalue weighted by molar-refractivity contribution is 6.32. The molecule has 4 aromatic rings. The van der Waals surface area contributed by atoms with Crippen LogP contribution < -0.4 is 10.1 Å². The average Bonchev–Trinajstić information content (AvgIpc) is 3.40. The molecule has 0 saturated heterocycles. The number of amides is 1. The molecule has 2 aromatic carbocycles. The molecule has 0 aliphatic heterocycles. The zero-order chi connectivity index (χ0) is 22.9. The van der Waals surface area contributed by atoms with E-state index in [0.29, 0.717) is 39.5 Å². The topological polar surface area (TPSA) is 95.1 Å². The summed E-state index contributed by atoms with van der Waals surface area (Å²) >= 11 is 6.15. The minimum atomic E-state index is -0.271. The highest BCUT2D eigenvalue weighted by atomic mass is 35.5. The van der Waals surface area contributed by atoms with Crippen LogP contribution in [0.25, 0.3) is 17.1 Å². The van der Waals surface area contributed by atoms with Crippen molar-refractivity contribution in [1.82, 2.24) is 19.9 Å². The lowest BCUT2D eigenvalue weighted by molar-refractivity contribution is 0.102. The summed E-state index contributed by atoms with van der Waals surface area (Å²) < 4.78 is 12.2. The summed E-state index contributed by atoms with van der Waals surface area (Å²) in [6, 6.07) is 12.7. The van der Waals surface area contributed by atoms with Crippen LogP contribution in [0.2, 0.25) is 5.02 Å². The maximum Gasteiger partial charge on any atom is 0.259 e. The van der Waals surface area contributed by atoms with Crippen molar-refractivity contribution < 1.29 is 14.1 Å². The number of hydrogen-bond acceptors (Lipinski definition) is 6. The molecule has 1 aliphatic rings. The second-order valence-corrected chi connectivity index (χ2v) is 8.41. The van der Waals surface area contributed by atoms with Crippen LogP contribution >= 0.6 is 11.6 Å². The molecule has 1 saturated carbocycles. The summed E-state index contributed by atoms with van der Waals surface area (Å²) in [5, 5.41) is 11.9. The van der Waals surface area contributed by atoms with Crippen LogP contribution in [0.5, 0.6) is 5.75 Å². The van der Waals surface area contributed by atoms with Gasteiger partial charge in [-0.05, 0) is 62.2 Å². The first-order valence-electron chi connectivity index (χ1n) is 10.7. The van der Waals surface area contributed by atoms with Gasteiger partial charge in [-0.15, -0.1) is 0 Å². The SMILES string of the molecule is COc1ccc(NC(=O)c2cn(-c3ccc(-c4noc(C5CCC5)n4)cc3)nc2C)cc1Cl. The van der Waals surface area contributed by atoms with Crippen LogP contribution in [0.3, 0.4) is 0 Å². The Labute approximate surface area is 195 Å². The molecular formula is C24H22ClN5O3. The fourth-order valence-corrected chi connectivity index (χ4v) is 3.95. The van der Waals surface area contributed by atoms with Gasteiger partial charge in [0, 0.05) is 23.4 Å². The molecule has 0 spiro atoms. The van der Waals surface area contributed by atoms with Gasteiger partial charge >= 0.3 is 0 Å². The van der Waals surface area contributed by atoms with Crippen molar-refractivity contribution in [2.45, 2.75) is 32.1 Å². The number of aromatic nitrogens is 4. The molecule has 1 N–H and O–H groups in total. The van der Waals surface area contributed by atoms with Crippen LogP contribution in [0, 0.1) is 6.92 Å². The molecule has 0 atom stereocenters. The predicted octanol–water partition coefficient (Wildman–Crippen LogP) is 5.41. The van der Waals surface area contributed by atoms with Gasteiger partial charge in [-0.1, -0.05) is 23.2 Å². The minimum Gasteiger partial charge on any atom is -0.495 e. The molecule has 2 heterocycles. The van der Waals surface area contributed by atoms with Crippen molar-refractivity contribution in [1.29, 1.82) is 0 Å². The quantitative estimate of drug-likeness (QED) is 0.410. The Morgan fingerprint density at radius 3 is 2.67 bits per heavy atom. The number of methoxy groups -OCH3 is 1. The lowest BCUT2D eigenvalue weighted by Gasteiger charge is -2.20. The van der Waals surface area contributed by atoms with Gasteiger partial charge in [-0.25, -0.2) is 4.68 Å². The smallest absolute Gasteiger partial charge is 0.259 e. The van der Waals surface area contributed by atoms with E-state index in [-0.39, 0.29) is 5.91 Å². The van der Waals surface area contributed by atoms with Crippen molar-refractivity contribution in [2.24, 2.45) is 0 Å². The van der Waals surface area contributed by atoms with Crippen LogP contribution in [0.1, 0.15) is 47.1 Å². The summed E-state index contributed by atoms with van der Waals surface area (Å²) in [5.74, 6) is 1.97. The Morgan fingerprint density at radius 2 is 2.00 bits per heavy atom. The summed E-state index contributed by atoms with van der Waals surface area (Å²) in [7, 11) is 1.54. The lowest BCUT2D eigenvalue weighted by Crippen LogP contribution is -2.12. The number of nitrogens with zero attached hydrogens (tertiary/aromatic N) is 4. The van der Waals surface area contributed by atoms with Crippen molar-refractivity contribution in [3.05, 3.63) is 70.8 Å². The van der Waals surface area contributed by atoms with E-state index in [9.17, 15) is 4.79 Å². The molecule has 8 nitrogen and oxygen atoms in total. The third-order valence-electron chi connectivity index (χ3n) is 5.84. The number of aryl methyl sites for hydroxylation is 1. The van der Waals surface area contributed by atoms with Gasteiger partial charge in [0.15, 0.2) is 0 Å².